The maximum atomic E-state index is 14.2. The standard InChI is InChI=1S/C39H50N4O3/c1-6-9-15-30-18-23-35-33(25-30)34(27-36(41-35)31-19-21-32(46-5)22-20-31)38(44)42-37(26-29-16-11-10-12-17-29)39(45)40-28(4)14-13-24-43(7-2)8-3/h10-12,16-23,25,27-28,37H,6-9,13-15,24,26H2,1-5H3,(H,40,45)(H,42,44). The highest BCUT2D eigenvalue weighted by molar-refractivity contribution is 6.08. The number of carbonyl (C=O) groups is 2. The van der Waals surface area contributed by atoms with Gasteiger partial charge < -0.3 is 20.3 Å². The van der Waals surface area contributed by atoms with Crippen molar-refractivity contribution in [3.8, 4) is 17.0 Å². The van der Waals surface area contributed by atoms with Gasteiger partial charge in [0.05, 0.1) is 23.9 Å². The highest BCUT2D eigenvalue weighted by Gasteiger charge is 2.25. The minimum absolute atomic E-state index is 0.0113. The van der Waals surface area contributed by atoms with Crippen LogP contribution >= 0.6 is 0 Å². The van der Waals surface area contributed by atoms with Gasteiger partial charge in [0, 0.05) is 23.4 Å². The number of hydrogen-bond donors (Lipinski definition) is 2. The Morgan fingerprint density at radius 1 is 0.870 bits per heavy atom. The molecule has 0 aliphatic rings. The second-order valence-corrected chi connectivity index (χ2v) is 12.0. The number of aromatic nitrogens is 1. The molecule has 0 saturated heterocycles. The molecule has 1 heterocycles. The Morgan fingerprint density at radius 2 is 1.61 bits per heavy atom. The molecule has 2 N–H and O–H groups in total. The molecule has 4 rings (SSSR count). The van der Waals surface area contributed by atoms with Crippen LogP contribution in [0.1, 0.15) is 74.9 Å². The fourth-order valence-corrected chi connectivity index (χ4v) is 5.78. The van der Waals surface area contributed by atoms with Crippen molar-refractivity contribution in [2.75, 3.05) is 26.7 Å². The Hall–Kier alpha value is -4.23. The maximum Gasteiger partial charge on any atom is 0.252 e. The quantitative estimate of drug-likeness (QED) is 0.130. The fraction of sp³-hybridized carbons (Fsp3) is 0.410. The molecule has 0 fully saturated rings. The van der Waals surface area contributed by atoms with Crippen molar-refractivity contribution in [3.63, 3.8) is 0 Å². The fourth-order valence-electron chi connectivity index (χ4n) is 5.78. The number of unbranched alkanes of at least 4 members (excludes halogenated alkanes) is 1. The van der Waals surface area contributed by atoms with E-state index in [1.165, 1.54) is 5.56 Å². The smallest absolute Gasteiger partial charge is 0.252 e. The van der Waals surface area contributed by atoms with Gasteiger partial charge in [-0.25, -0.2) is 4.98 Å². The van der Waals surface area contributed by atoms with Crippen LogP contribution in [-0.2, 0) is 17.6 Å². The van der Waals surface area contributed by atoms with Crippen LogP contribution in [0.4, 0.5) is 0 Å². The Balaban J connectivity index is 1.64. The van der Waals surface area contributed by atoms with Crippen molar-refractivity contribution >= 4 is 22.7 Å². The molecule has 244 valence electrons. The van der Waals surface area contributed by atoms with Crippen molar-refractivity contribution < 1.29 is 14.3 Å². The predicted molar refractivity (Wildman–Crippen MR) is 188 cm³/mol. The number of hydrogen-bond acceptors (Lipinski definition) is 5. The molecular weight excluding hydrogens is 572 g/mol. The molecule has 0 spiro atoms. The molecule has 0 aliphatic carbocycles. The molecule has 7 heteroatoms. The normalized spacial score (nSPS) is 12.6. The topological polar surface area (TPSA) is 83.6 Å². The van der Waals surface area contributed by atoms with E-state index < -0.39 is 6.04 Å². The first kappa shape index (κ1) is 34.6. The Morgan fingerprint density at radius 3 is 2.28 bits per heavy atom. The number of aryl methyl sites for hydroxylation is 1. The molecule has 0 saturated carbocycles. The van der Waals surface area contributed by atoms with E-state index in [0.717, 1.165) is 79.5 Å². The summed E-state index contributed by atoms with van der Waals surface area (Å²) in [5.74, 6) is 0.283. The number of benzene rings is 3. The SMILES string of the molecule is CCCCc1ccc2nc(-c3ccc(OC)cc3)cc(C(=O)NC(Cc3ccccc3)C(=O)NC(C)CCCN(CC)CC)c2c1. The minimum atomic E-state index is -0.740. The van der Waals surface area contributed by atoms with Gasteiger partial charge >= 0.3 is 0 Å². The van der Waals surface area contributed by atoms with Crippen LogP contribution < -0.4 is 15.4 Å². The number of carbonyl (C=O) groups excluding carboxylic acids is 2. The molecule has 7 nitrogen and oxygen atoms in total. The highest BCUT2D eigenvalue weighted by atomic mass is 16.5. The van der Waals surface area contributed by atoms with Crippen LogP contribution in [-0.4, -0.2) is 60.5 Å². The minimum Gasteiger partial charge on any atom is -0.497 e. The van der Waals surface area contributed by atoms with E-state index in [4.69, 9.17) is 9.72 Å². The molecule has 46 heavy (non-hydrogen) atoms. The first-order valence-electron chi connectivity index (χ1n) is 16.8. The summed E-state index contributed by atoms with van der Waals surface area (Å²) < 4.78 is 5.34. The van der Waals surface area contributed by atoms with Gasteiger partial charge in [0.25, 0.3) is 5.91 Å². The van der Waals surface area contributed by atoms with Gasteiger partial charge in [-0.1, -0.05) is 63.6 Å². The summed E-state index contributed by atoms with van der Waals surface area (Å²) >= 11 is 0. The van der Waals surface area contributed by atoms with Gasteiger partial charge in [-0.05, 0) is 106 Å². The average Bonchev–Trinajstić information content (AvgIpc) is 3.08. The van der Waals surface area contributed by atoms with Crippen LogP contribution in [0.3, 0.4) is 0 Å². The van der Waals surface area contributed by atoms with Crippen molar-refractivity contribution in [1.82, 2.24) is 20.5 Å². The number of rotatable bonds is 17. The zero-order valence-corrected chi connectivity index (χ0v) is 28.1. The number of amides is 2. The third-order valence-electron chi connectivity index (χ3n) is 8.62. The molecule has 0 bridgehead atoms. The molecule has 2 unspecified atom stereocenters. The van der Waals surface area contributed by atoms with Crippen molar-refractivity contribution in [2.24, 2.45) is 0 Å². The maximum absolute atomic E-state index is 14.2. The van der Waals surface area contributed by atoms with E-state index in [2.05, 4.69) is 48.4 Å². The Bertz CT molecular complexity index is 1550. The average molecular weight is 623 g/mol. The lowest BCUT2D eigenvalue weighted by molar-refractivity contribution is -0.123. The van der Waals surface area contributed by atoms with Crippen LogP contribution in [0.2, 0.25) is 0 Å². The summed E-state index contributed by atoms with van der Waals surface area (Å²) in [7, 11) is 1.64. The van der Waals surface area contributed by atoms with Crippen LogP contribution in [0.15, 0.2) is 78.9 Å². The summed E-state index contributed by atoms with van der Waals surface area (Å²) in [5.41, 5.74) is 4.96. The molecule has 3 aromatic carbocycles. The van der Waals surface area contributed by atoms with E-state index in [1.807, 2.05) is 73.7 Å². The second kappa shape index (κ2) is 17.5. The lowest BCUT2D eigenvalue weighted by Gasteiger charge is -2.23. The number of pyridine rings is 1. The van der Waals surface area contributed by atoms with Gasteiger partial charge in [-0.15, -0.1) is 0 Å². The third-order valence-corrected chi connectivity index (χ3v) is 8.62. The second-order valence-electron chi connectivity index (χ2n) is 12.0. The molecule has 0 aliphatic heterocycles. The van der Waals surface area contributed by atoms with Gasteiger partial charge in [-0.2, -0.15) is 0 Å². The van der Waals surface area contributed by atoms with E-state index in [9.17, 15) is 9.59 Å². The molecule has 1 aromatic heterocycles. The van der Waals surface area contributed by atoms with E-state index in [-0.39, 0.29) is 17.9 Å². The summed E-state index contributed by atoms with van der Waals surface area (Å²) in [5, 5.41) is 7.10. The van der Waals surface area contributed by atoms with E-state index in [1.54, 1.807) is 7.11 Å². The number of nitrogens with zero attached hydrogens (tertiary/aromatic N) is 2. The lowest BCUT2D eigenvalue weighted by atomic mass is 9.99. The monoisotopic (exact) mass is 622 g/mol. The van der Waals surface area contributed by atoms with Gasteiger partial charge in [0.15, 0.2) is 0 Å². The van der Waals surface area contributed by atoms with E-state index >= 15 is 0 Å². The van der Waals surface area contributed by atoms with Gasteiger partial charge in [0.2, 0.25) is 5.91 Å². The third kappa shape index (κ3) is 9.63. The largest absolute Gasteiger partial charge is 0.497 e. The molecular formula is C39H50N4O3. The summed E-state index contributed by atoms with van der Waals surface area (Å²) in [4.78, 5) is 35.3. The first-order valence-corrected chi connectivity index (χ1v) is 16.8. The summed E-state index contributed by atoms with van der Waals surface area (Å²) in [6.45, 7) is 11.6. The highest BCUT2D eigenvalue weighted by Crippen LogP contribution is 2.28. The Labute approximate surface area is 274 Å². The van der Waals surface area contributed by atoms with Crippen molar-refractivity contribution in [1.29, 1.82) is 0 Å². The Kier molecular flexibility index (Phi) is 13.1. The number of ether oxygens (including phenoxy) is 1. The molecule has 2 atom stereocenters. The van der Waals surface area contributed by atoms with Gasteiger partial charge in [-0.3, -0.25) is 9.59 Å². The summed E-state index contributed by atoms with van der Waals surface area (Å²) in [6.07, 6.45) is 5.34. The zero-order chi connectivity index (χ0) is 32.9. The van der Waals surface area contributed by atoms with Crippen LogP contribution in [0, 0.1) is 0 Å². The predicted octanol–water partition coefficient (Wildman–Crippen LogP) is 7.22. The van der Waals surface area contributed by atoms with Crippen LogP contribution in [0.5, 0.6) is 5.75 Å². The van der Waals surface area contributed by atoms with Crippen molar-refractivity contribution in [3.05, 3.63) is 95.6 Å². The summed E-state index contributed by atoms with van der Waals surface area (Å²) in [6, 6.07) is 24.8. The number of methoxy groups -OCH3 is 1. The molecule has 2 amide bonds. The zero-order valence-electron chi connectivity index (χ0n) is 28.1. The number of fused-ring (bicyclic) bond motifs is 1. The number of nitrogens with one attached hydrogen (secondary N) is 2. The first-order chi connectivity index (χ1) is 22.3. The molecule has 0 radical (unpaired) electrons. The van der Waals surface area contributed by atoms with Crippen LogP contribution in [0.25, 0.3) is 22.2 Å². The molecule has 4 aromatic rings. The van der Waals surface area contributed by atoms with E-state index in [0.29, 0.717) is 17.7 Å². The lowest BCUT2D eigenvalue weighted by Crippen LogP contribution is -2.50. The van der Waals surface area contributed by atoms with Gasteiger partial charge in [0.1, 0.15) is 11.8 Å². The van der Waals surface area contributed by atoms with Crippen molar-refractivity contribution in [2.45, 2.75) is 78.3 Å².